The van der Waals surface area contributed by atoms with Gasteiger partial charge in [-0.2, -0.15) is 0 Å². The molecule has 2 fully saturated rings. The Bertz CT molecular complexity index is 629. The summed E-state index contributed by atoms with van der Waals surface area (Å²) in [5.41, 5.74) is 0.657. The summed E-state index contributed by atoms with van der Waals surface area (Å²) in [7, 11) is 4.71. The monoisotopic (exact) mass is 390 g/mol. The molecule has 1 aromatic carbocycles. The Morgan fingerprint density at radius 2 is 1.64 bits per heavy atom. The number of hydrogen-bond acceptors (Lipinski definition) is 5. The van der Waals surface area contributed by atoms with Crippen molar-refractivity contribution in [2.24, 2.45) is 5.92 Å². The van der Waals surface area contributed by atoms with E-state index in [9.17, 15) is 4.79 Å². The fraction of sp³-hybridized carbons (Fsp3) is 0.682. The van der Waals surface area contributed by atoms with Gasteiger partial charge in [0.05, 0.1) is 21.3 Å². The molecular weight excluding hydrogens is 356 g/mol. The number of nitrogens with zero attached hydrogens (tertiary/aromatic N) is 1. The lowest BCUT2D eigenvalue weighted by Crippen LogP contribution is -2.35. The molecule has 0 heterocycles. The van der Waals surface area contributed by atoms with Gasteiger partial charge in [-0.1, -0.05) is 19.3 Å². The van der Waals surface area contributed by atoms with Crippen LogP contribution in [0.25, 0.3) is 0 Å². The first-order valence-corrected chi connectivity index (χ1v) is 10.5. The van der Waals surface area contributed by atoms with Crippen LogP contribution in [-0.2, 0) is 4.79 Å². The van der Waals surface area contributed by atoms with E-state index in [2.05, 4.69) is 10.2 Å². The van der Waals surface area contributed by atoms with Crippen LogP contribution >= 0.6 is 0 Å². The predicted octanol–water partition coefficient (Wildman–Crippen LogP) is 4.09. The molecule has 28 heavy (non-hydrogen) atoms. The summed E-state index contributed by atoms with van der Waals surface area (Å²) in [5, 5.41) is 2.98. The van der Waals surface area contributed by atoms with E-state index >= 15 is 0 Å². The first-order chi connectivity index (χ1) is 13.6. The third kappa shape index (κ3) is 5.53. The second kappa shape index (κ2) is 10.0. The number of ether oxygens (including phenoxy) is 3. The summed E-state index contributed by atoms with van der Waals surface area (Å²) in [6, 6.07) is 4.22. The summed E-state index contributed by atoms with van der Waals surface area (Å²) in [4.78, 5) is 15.1. The highest BCUT2D eigenvalue weighted by Gasteiger charge is 2.31. The lowest BCUT2D eigenvalue weighted by Gasteiger charge is -2.29. The Labute approximate surface area is 168 Å². The molecule has 0 bridgehead atoms. The van der Waals surface area contributed by atoms with Crippen LogP contribution in [-0.4, -0.2) is 51.3 Å². The molecule has 6 nitrogen and oxygen atoms in total. The summed E-state index contributed by atoms with van der Waals surface area (Å²) in [6.45, 7) is 1.99. The van der Waals surface area contributed by atoms with Crippen molar-refractivity contribution in [1.29, 1.82) is 0 Å². The molecule has 0 atom stereocenters. The molecule has 2 aliphatic carbocycles. The molecule has 0 saturated heterocycles. The van der Waals surface area contributed by atoms with Gasteiger partial charge in [-0.3, -0.25) is 9.69 Å². The first kappa shape index (κ1) is 20.8. The van der Waals surface area contributed by atoms with E-state index in [1.54, 1.807) is 33.5 Å². The maximum absolute atomic E-state index is 12.6. The third-order valence-electron chi connectivity index (χ3n) is 5.86. The highest BCUT2D eigenvalue weighted by atomic mass is 16.5. The van der Waals surface area contributed by atoms with Gasteiger partial charge >= 0.3 is 0 Å². The van der Waals surface area contributed by atoms with Crippen LogP contribution in [0.4, 0.5) is 5.69 Å². The summed E-state index contributed by atoms with van der Waals surface area (Å²) >= 11 is 0. The van der Waals surface area contributed by atoms with Crippen molar-refractivity contribution in [3.05, 3.63) is 12.1 Å². The molecule has 2 aliphatic rings. The van der Waals surface area contributed by atoms with Crippen molar-refractivity contribution in [1.82, 2.24) is 4.90 Å². The van der Waals surface area contributed by atoms with Gasteiger partial charge < -0.3 is 19.5 Å². The van der Waals surface area contributed by atoms with E-state index in [-0.39, 0.29) is 5.91 Å². The minimum absolute atomic E-state index is 0.0172. The molecule has 0 unspecified atom stereocenters. The van der Waals surface area contributed by atoms with E-state index in [1.807, 2.05) is 0 Å². The number of methoxy groups -OCH3 is 3. The lowest BCUT2D eigenvalue weighted by molar-refractivity contribution is -0.116. The SMILES string of the molecule is COc1cc(NC(=O)CCN(CC2CCCCC2)C2CC2)cc(OC)c1OC. The molecule has 0 aromatic heterocycles. The van der Waals surface area contributed by atoms with Crippen LogP contribution in [0.3, 0.4) is 0 Å². The van der Waals surface area contributed by atoms with Crippen molar-refractivity contribution >= 4 is 11.6 Å². The van der Waals surface area contributed by atoms with Crippen molar-refractivity contribution in [3.63, 3.8) is 0 Å². The van der Waals surface area contributed by atoms with E-state index in [4.69, 9.17) is 14.2 Å². The zero-order valence-electron chi connectivity index (χ0n) is 17.5. The van der Waals surface area contributed by atoms with Crippen molar-refractivity contribution in [2.75, 3.05) is 39.7 Å². The molecule has 2 saturated carbocycles. The molecule has 1 amide bonds. The van der Waals surface area contributed by atoms with Gasteiger partial charge in [-0.05, 0) is 31.6 Å². The van der Waals surface area contributed by atoms with Crippen LogP contribution in [0.2, 0.25) is 0 Å². The Morgan fingerprint density at radius 1 is 1.00 bits per heavy atom. The third-order valence-corrected chi connectivity index (χ3v) is 5.86. The molecule has 1 N–H and O–H groups in total. The maximum Gasteiger partial charge on any atom is 0.225 e. The Kier molecular flexibility index (Phi) is 7.43. The highest BCUT2D eigenvalue weighted by Crippen LogP contribution is 2.40. The predicted molar refractivity (Wildman–Crippen MR) is 111 cm³/mol. The quantitative estimate of drug-likeness (QED) is 0.652. The van der Waals surface area contributed by atoms with Crippen LogP contribution in [0.1, 0.15) is 51.4 Å². The Morgan fingerprint density at radius 3 is 2.18 bits per heavy atom. The number of carbonyl (C=O) groups is 1. The average molecular weight is 391 g/mol. The normalized spacial score (nSPS) is 17.4. The van der Waals surface area contributed by atoms with Crippen LogP contribution in [0, 0.1) is 5.92 Å². The van der Waals surface area contributed by atoms with Gasteiger partial charge in [0.1, 0.15) is 0 Å². The van der Waals surface area contributed by atoms with E-state index in [1.165, 1.54) is 44.9 Å². The van der Waals surface area contributed by atoms with E-state index < -0.39 is 0 Å². The zero-order valence-corrected chi connectivity index (χ0v) is 17.5. The van der Waals surface area contributed by atoms with E-state index in [0.29, 0.717) is 35.4 Å². The fourth-order valence-electron chi connectivity index (χ4n) is 4.19. The molecule has 0 aliphatic heterocycles. The van der Waals surface area contributed by atoms with Gasteiger partial charge in [0.25, 0.3) is 0 Å². The maximum atomic E-state index is 12.6. The fourth-order valence-corrected chi connectivity index (χ4v) is 4.19. The second-order valence-electron chi connectivity index (χ2n) is 7.94. The zero-order chi connectivity index (χ0) is 19.9. The largest absolute Gasteiger partial charge is 0.493 e. The molecule has 1 aromatic rings. The number of amides is 1. The average Bonchev–Trinajstić information content (AvgIpc) is 3.56. The molecule has 3 rings (SSSR count). The van der Waals surface area contributed by atoms with Crippen molar-refractivity contribution < 1.29 is 19.0 Å². The van der Waals surface area contributed by atoms with Gasteiger partial charge in [-0.25, -0.2) is 0 Å². The summed E-state index contributed by atoms with van der Waals surface area (Å²) in [6.07, 6.45) is 9.87. The molecule has 6 heteroatoms. The second-order valence-corrected chi connectivity index (χ2v) is 7.94. The molecule has 156 valence electrons. The smallest absolute Gasteiger partial charge is 0.225 e. The minimum atomic E-state index is 0.0172. The van der Waals surface area contributed by atoms with Crippen molar-refractivity contribution in [3.8, 4) is 17.2 Å². The molecule has 0 radical (unpaired) electrons. The summed E-state index contributed by atoms with van der Waals surface area (Å²) in [5.74, 6) is 2.43. The summed E-state index contributed by atoms with van der Waals surface area (Å²) < 4.78 is 16.1. The van der Waals surface area contributed by atoms with Crippen LogP contribution in [0.5, 0.6) is 17.2 Å². The van der Waals surface area contributed by atoms with Crippen molar-refractivity contribution in [2.45, 2.75) is 57.4 Å². The van der Waals surface area contributed by atoms with Gasteiger partial charge in [0, 0.05) is 43.4 Å². The number of hydrogen-bond donors (Lipinski definition) is 1. The standard InChI is InChI=1S/C22H34N2O4/c1-26-19-13-17(14-20(27-2)22(19)28-3)23-21(25)11-12-24(18-9-10-18)15-16-7-5-4-6-8-16/h13-14,16,18H,4-12,15H2,1-3H3,(H,23,25). The van der Waals surface area contributed by atoms with E-state index in [0.717, 1.165) is 19.0 Å². The van der Waals surface area contributed by atoms with Crippen LogP contribution < -0.4 is 19.5 Å². The number of rotatable bonds is 10. The highest BCUT2D eigenvalue weighted by molar-refractivity contribution is 5.91. The topological polar surface area (TPSA) is 60.0 Å². The van der Waals surface area contributed by atoms with Gasteiger partial charge in [0.15, 0.2) is 11.5 Å². The number of carbonyl (C=O) groups excluding carboxylic acids is 1. The molecular formula is C22H34N2O4. The Balaban J connectivity index is 1.55. The van der Waals surface area contributed by atoms with Crippen LogP contribution in [0.15, 0.2) is 12.1 Å². The van der Waals surface area contributed by atoms with Gasteiger partial charge in [0.2, 0.25) is 11.7 Å². The number of benzene rings is 1. The number of anilines is 1. The lowest BCUT2D eigenvalue weighted by atomic mass is 9.89. The van der Waals surface area contributed by atoms with Gasteiger partial charge in [-0.15, -0.1) is 0 Å². The first-order valence-electron chi connectivity index (χ1n) is 10.5. The number of nitrogens with one attached hydrogen (secondary N) is 1. The molecule has 0 spiro atoms. The minimum Gasteiger partial charge on any atom is -0.493 e. The Hall–Kier alpha value is -1.95.